The molecule has 0 aliphatic rings. The molecule has 0 atom stereocenters. The van der Waals surface area contributed by atoms with Crippen molar-refractivity contribution < 1.29 is 4.74 Å². The largest absolute Gasteiger partial charge is 0.496 e. The summed E-state index contributed by atoms with van der Waals surface area (Å²) in [4.78, 5) is 4.70. The second kappa shape index (κ2) is 6.37. The number of ether oxygens (including phenoxy) is 1. The topological polar surface area (TPSA) is 34.2 Å². The molecule has 0 aliphatic heterocycles. The number of rotatable bonds is 5. The van der Waals surface area contributed by atoms with E-state index < -0.39 is 0 Å². The van der Waals surface area contributed by atoms with Gasteiger partial charge in [0, 0.05) is 17.5 Å². The van der Waals surface area contributed by atoms with Crippen LogP contribution in [0.4, 0.5) is 0 Å². The Morgan fingerprint density at radius 2 is 2.10 bits per heavy atom. The Labute approximate surface area is 125 Å². The first kappa shape index (κ1) is 15.0. The van der Waals surface area contributed by atoms with Crippen LogP contribution < -0.4 is 10.1 Å². The van der Waals surface area contributed by atoms with E-state index in [9.17, 15) is 0 Å². The van der Waals surface area contributed by atoms with Crippen LogP contribution in [0.3, 0.4) is 0 Å². The van der Waals surface area contributed by atoms with Gasteiger partial charge in [-0.1, -0.05) is 13.8 Å². The molecule has 0 spiro atoms. The molecule has 3 nitrogen and oxygen atoms in total. The van der Waals surface area contributed by atoms with Crippen molar-refractivity contribution in [2.45, 2.75) is 33.2 Å². The molecule has 0 amide bonds. The Balaban J connectivity index is 2.47. The van der Waals surface area contributed by atoms with Crippen molar-refractivity contribution in [2.75, 3.05) is 14.2 Å². The van der Waals surface area contributed by atoms with Crippen LogP contribution in [-0.4, -0.2) is 19.1 Å². The summed E-state index contributed by atoms with van der Waals surface area (Å²) < 4.78 is 5.49. The Bertz CT molecular complexity index is 590. The van der Waals surface area contributed by atoms with Crippen LogP contribution >= 0.6 is 11.3 Å². The van der Waals surface area contributed by atoms with Gasteiger partial charge in [-0.15, -0.1) is 11.3 Å². The van der Waals surface area contributed by atoms with Gasteiger partial charge in [0.05, 0.1) is 12.8 Å². The molecule has 2 rings (SSSR count). The Morgan fingerprint density at radius 1 is 1.35 bits per heavy atom. The van der Waals surface area contributed by atoms with Crippen molar-refractivity contribution >= 4 is 11.3 Å². The van der Waals surface area contributed by atoms with Gasteiger partial charge in [-0.3, -0.25) is 0 Å². The third-order valence-corrected chi connectivity index (χ3v) is 4.20. The minimum atomic E-state index is 0.430. The third kappa shape index (κ3) is 3.02. The number of aromatic nitrogens is 1. The molecular weight excluding hydrogens is 268 g/mol. The average Bonchev–Trinajstić information content (AvgIpc) is 2.86. The first-order chi connectivity index (χ1) is 9.56. The number of hydrogen-bond acceptors (Lipinski definition) is 4. The highest BCUT2D eigenvalue weighted by atomic mass is 32.1. The molecular formula is C16H22N2OS. The number of nitrogens with one attached hydrogen (secondary N) is 1. The number of benzene rings is 1. The molecule has 0 radical (unpaired) electrons. The monoisotopic (exact) mass is 290 g/mol. The lowest BCUT2D eigenvalue weighted by Gasteiger charge is -2.15. The molecule has 20 heavy (non-hydrogen) atoms. The predicted octanol–water partition coefficient (Wildman–Crippen LogP) is 3.97. The molecule has 1 aromatic carbocycles. The molecule has 0 fully saturated rings. The van der Waals surface area contributed by atoms with Crippen molar-refractivity contribution in [1.29, 1.82) is 0 Å². The number of hydrogen-bond donors (Lipinski definition) is 1. The van der Waals surface area contributed by atoms with E-state index in [2.05, 4.69) is 43.6 Å². The lowest BCUT2D eigenvalue weighted by molar-refractivity contribution is 0.407. The van der Waals surface area contributed by atoms with Gasteiger partial charge in [-0.2, -0.15) is 0 Å². The molecule has 1 aromatic heterocycles. The predicted molar refractivity (Wildman–Crippen MR) is 85.7 cm³/mol. The SMILES string of the molecule is CNCc1nc(-c2cc(C(C)C)c(OC)cc2C)cs1. The summed E-state index contributed by atoms with van der Waals surface area (Å²) in [7, 11) is 3.67. The van der Waals surface area contributed by atoms with E-state index in [4.69, 9.17) is 9.72 Å². The quantitative estimate of drug-likeness (QED) is 0.904. The second-order valence-electron chi connectivity index (χ2n) is 5.22. The van der Waals surface area contributed by atoms with Crippen LogP contribution in [-0.2, 0) is 6.54 Å². The van der Waals surface area contributed by atoms with Gasteiger partial charge in [0.25, 0.3) is 0 Å². The molecule has 108 valence electrons. The molecule has 0 saturated carbocycles. The van der Waals surface area contributed by atoms with Crippen LogP contribution in [0.5, 0.6) is 5.75 Å². The second-order valence-corrected chi connectivity index (χ2v) is 6.16. The highest BCUT2D eigenvalue weighted by molar-refractivity contribution is 7.09. The maximum Gasteiger partial charge on any atom is 0.122 e. The standard InChI is InChI=1S/C16H22N2OS/c1-10(2)12-7-13(11(3)6-15(12)19-5)14-9-20-16(18-14)8-17-4/h6-7,9-10,17H,8H2,1-5H3. The molecule has 4 heteroatoms. The van der Waals surface area contributed by atoms with E-state index >= 15 is 0 Å². The van der Waals surface area contributed by atoms with Gasteiger partial charge in [-0.25, -0.2) is 4.98 Å². The van der Waals surface area contributed by atoms with E-state index in [1.54, 1.807) is 18.4 Å². The minimum absolute atomic E-state index is 0.430. The fourth-order valence-corrected chi connectivity index (χ4v) is 3.08. The molecule has 2 aromatic rings. The van der Waals surface area contributed by atoms with Crippen LogP contribution in [0, 0.1) is 6.92 Å². The number of methoxy groups -OCH3 is 1. The van der Waals surface area contributed by atoms with Crippen molar-refractivity contribution in [2.24, 2.45) is 0 Å². The summed E-state index contributed by atoms with van der Waals surface area (Å²) in [5.41, 5.74) is 4.69. The summed E-state index contributed by atoms with van der Waals surface area (Å²) in [6.07, 6.45) is 0. The van der Waals surface area contributed by atoms with Crippen molar-refractivity contribution in [3.05, 3.63) is 33.6 Å². The van der Waals surface area contributed by atoms with Crippen LogP contribution in [0.25, 0.3) is 11.3 Å². The molecule has 1 heterocycles. The fourth-order valence-electron chi connectivity index (χ4n) is 2.27. The zero-order valence-electron chi connectivity index (χ0n) is 12.8. The Kier molecular flexibility index (Phi) is 4.78. The zero-order valence-corrected chi connectivity index (χ0v) is 13.6. The zero-order chi connectivity index (χ0) is 14.7. The summed E-state index contributed by atoms with van der Waals surface area (Å²) in [6.45, 7) is 7.30. The lowest BCUT2D eigenvalue weighted by atomic mass is 9.95. The molecule has 0 aliphatic carbocycles. The number of thiazole rings is 1. The molecule has 0 unspecified atom stereocenters. The first-order valence-corrected chi connectivity index (χ1v) is 7.72. The molecule has 0 saturated heterocycles. The van der Waals surface area contributed by atoms with Crippen LogP contribution in [0.2, 0.25) is 0 Å². The van der Waals surface area contributed by atoms with Gasteiger partial charge >= 0.3 is 0 Å². The van der Waals surface area contributed by atoms with E-state index in [1.165, 1.54) is 16.7 Å². The maximum atomic E-state index is 5.49. The summed E-state index contributed by atoms with van der Waals surface area (Å²) >= 11 is 1.70. The normalized spacial score (nSPS) is 11.1. The van der Waals surface area contributed by atoms with E-state index in [0.717, 1.165) is 23.0 Å². The van der Waals surface area contributed by atoms with Gasteiger partial charge in [0.2, 0.25) is 0 Å². The fraction of sp³-hybridized carbons (Fsp3) is 0.438. The van der Waals surface area contributed by atoms with Crippen molar-refractivity contribution in [3.63, 3.8) is 0 Å². The van der Waals surface area contributed by atoms with Crippen LogP contribution in [0.15, 0.2) is 17.5 Å². The van der Waals surface area contributed by atoms with Crippen molar-refractivity contribution in [3.8, 4) is 17.0 Å². The third-order valence-electron chi connectivity index (χ3n) is 3.35. The molecule has 0 bridgehead atoms. The maximum absolute atomic E-state index is 5.49. The average molecular weight is 290 g/mol. The van der Waals surface area contributed by atoms with Gasteiger partial charge in [0.1, 0.15) is 10.8 Å². The van der Waals surface area contributed by atoms with Gasteiger partial charge < -0.3 is 10.1 Å². The Morgan fingerprint density at radius 3 is 2.70 bits per heavy atom. The van der Waals surface area contributed by atoms with E-state index in [-0.39, 0.29) is 0 Å². The molecule has 1 N–H and O–H groups in total. The first-order valence-electron chi connectivity index (χ1n) is 6.84. The highest BCUT2D eigenvalue weighted by Gasteiger charge is 2.14. The Hall–Kier alpha value is -1.39. The number of nitrogens with zero attached hydrogens (tertiary/aromatic N) is 1. The summed E-state index contributed by atoms with van der Waals surface area (Å²) in [5.74, 6) is 1.40. The van der Waals surface area contributed by atoms with Gasteiger partial charge in [0.15, 0.2) is 0 Å². The van der Waals surface area contributed by atoms with Crippen molar-refractivity contribution in [1.82, 2.24) is 10.3 Å². The highest BCUT2D eigenvalue weighted by Crippen LogP contribution is 2.34. The van der Waals surface area contributed by atoms with Gasteiger partial charge in [-0.05, 0) is 43.1 Å². The lowest BCUT2D eigenvalue weighted by Crippen LogP contribution is -2.04. The number of aryl methyl sites for hydroxylation is 1. The summed E-state index contributed by atoms with van der Waals surface area (Å²) in [5, 5.41) is 6.38. The van der Waals surface area contributed by atoms with E-state index in [1.807, 2.05) is 7.05 Å². The van der Waals surface area contributed by atoms with Crippen LogP contribution in [0.1, 0.15) is 35.9 Å². The van der Waals surface area contributed by atoms with E-state index in [0.29, 0.717) is 5.92 Å². The minimum Gasteiger partial charge on any atom is -0.496 e. The summed E-state index contributed by atoms with van der Waals surface area (Å²) in [6, 6.07) is 4.33. The smallest absolute Gasteiger partial charge is 0.122 e.